The Morgan fingerprint density at radius 2 is 1.75 bits per heavy atom. The highest BCUT2D eigenvalue weighted by Crippen LogP contribution is 2.54. The zero-order chi connectivity index (χ0) is 19.1. The summed E-state index contributed by atoms with van der Waals surface area (Å²) in [4.78, 5) is 13.9. The molecule has 4 bridgehead atoms. The van der Waals surface area contributed by atoms with E-state index in [1.54, 1.807) is 23.5 Å². The number of halogens is 1. The fourth-order valence-corrected chi connectivity index (χ4v) is 7.19. The van der Waals surface area contributed by atoms with Gasteiger partial charge in [0.25, 0.3) is 5.91 Å². The lowest BCUT2D eigenvalue weighted by atomic mass is 9.53. The molecule has 1 amide bonds. The summed E-state index contributed by atoms with van der Waals surface area (Å²) in [5.41, 5.74) is 1.23. The summed E-state index contributed by atoms with van der Waals surface area (Å²) in [5, 5.41) is 7.57. The van der Waals surface area contributed by atoms with E-state index in [1.807, 2.05) is 17.5 Å². The topological polar surface area (TPSA) is 45.7 Å². The lowest BCUT2D eigenvalue weighted by Gasteiger charge is -2.54. The molecular formula is C23H28FN2OS+. The minimum Gasteiger partial charge on any atom is -0.339 e. The molecular weight excluding hydrogens is 371 g/mol. The molecule has 5 heteroatoms. The van der Waals surface area contributed by atoms with Crippen molar-refractivity contribution in [3.8, 4) is 0 Å². The summed E-state index contributed by atoms with van der Waals surface area (Å²) >= 11 is 1.62. The van der Waals surface area contributed by atoms with Crippen molar-refractivity contribution < 1.29 is 14.5 Å². The number of hydrogen-bond donors (Lipinski definition) is 2. The Morgan fingerprint density at radius 1 is 1.11 bits per heavy atom. The molecule has 0 radical (unpaired) electrons. The van der Waals surface area contributed by atoms with E-state index in [-0.39, 0.29) is 17.8 Å². The van der Waals surface area contributed by atoms with Gasteiger partial charge in [0.05, 0.1) is 11.6 Å². The van der Waals surface area contributed by atoms with Crippen LogP contribution in [0, 0.1) is 23.6 Å². The third-order valence-corrected chi connectivity index (χ3v) is 8.08. The number of carbonyl (C=O) groups excluding carboxylic acids is 1. The summed E-state index contributed by atoms with van der Waals surface area (Å²) < 4.78 is 13.3. The van der Waals surface area contributed by atoms with Crippen LogP contribution in [0.2, 0.25) is 0 Å². The van der Waals surface area contributed by atoms with Gasteiger partial charge in [-0.3, -0.25) is 4.79 Å². The van der Waals surface area contributed by atoms with Gasteiger partial charge in [-0.15, -0.1) is 11.3 Å². The zero-order valence-electron chi connectivity index (χ0n) is 16.1. The molecule has 1 atom stereocenters. The Labute approximate surface area is 169 Å². The first-order valence-corrected chi connectivity index (χ1v) is 11.4. The molecule has 3 nitrogen and oxygen atoms in total. The molecule has 0 unspecified atom stereocenters. The fourth-order valence-electron chi connectivity index (χ4n) is 6.39. The maximum atomic E-state index is 13.3. The van der Waals surface area contributed by atoms with Crippen molar-refractivity contribution in [2.45, 2.75) is 50.1 Å². The van der Waals surface area contributed by atoms with E-state index < -0.39 is 0 Å². The van der Waals surface area contributed by atoms with Crippen LogP contribution in [0.5, 0.6) is 0 Å². The van der Waals surface area contributed by atoms with Crippen LogP contribution in [0.1, 0.15) is 55.0 Å². The van der Waals surface area contributed by atoms with Gasteiger partial charge in [-0.05, 0) is 66.2 Å². The van der Waals surface area contributed by atoms with Gasteiger partial charge >= 0.3 is 0 Å². The molecule has 1 heterocycles. The second-order valence-corrected chi connectivity index (χ2v) is 10.2. The third-order valence-electron chi connectivity index (χ3n) is 7.14. The van der Waals surface area contributed by atoms with Gasteiger partial charge in [0, 0.05) is 24.1 Å². The van der Waals surface area contributed by atoms with Crippen molar-refractivity contribution >= 4 is 17.2 Å². The van der Waals surface area contributed by atoms with Crippen LogP contribution in [0.3, 0.4) is 0 Å². The van der Waals surface area contributed by atoms with Gasteiger partial charge in [0.1, 0.15) is 5.82 Å². The van der Waals surface area contributed by atoms with E-state index in [4.69, 9.17) is 0 Å². The van der Waals surface area contributed by atoms with Crippen molar-refractivity contribution in [1.82, 2.24) is 5.32 Å². The van der Waals surface area contributed by atoms with Crippen LogP contribution >= 0.6 is 11.3 Å². The molecule has 2 aromatic rings. The van der Waals surface area contributed by atoms with E-state index in [0.29, 0.717) is 12.1 Å². The number of benzene rings is 1. The molecule has 4 aliphatic carbocycles. The molecule has 3 N–H and O–H groups in total. The Hall–Kier alpha value is -1.72. The van der Waals surface area contributed by atoms with E-state index in [2.05, 4.69) is 10.6 Å². The second-order valence-electron chi connectivity index (χ2n) is 9.26. The van der Waals surface area contributed by atoms with Gasteiger partial charge in [0.2, 0.25) is 0 Å². The summed E-state index contributed by atoms with van der Waals surface area (Å²) in [7, 11) is 0. The minimum absolute atomic E-state index is 0.0680. The Balaban J connectivity index is 1.26. The summed E-state index contributed by atoms with van der Waals surface area (Å²) in [5.74, 6) is 2.49. The number of quaternary nitrogens is 1. The highest BCUT2D eigenvalue weighted by molar-refractivity contribution is 7.10. The number of thiophene rings is 1. The Kier molecular flexibility index (Phi) is 4.76. The smallest absolute Gasteiger partial charge is 0.275 e. The van der Waals surface area contributed by atoms with Crippen LogP contribution in [0.15, 0.2) is 41.8 Å². The van der Waals surface area contributed by atoms with Crippen molar-refractivity contribution in [3.05, 3.63) is 58.0 Å². The van der Waals surface area contributed by atoms with Gasteiger partial charge in [0.15, 0.2) is 6.54 Å². The summed E-state index contributed by atoms with van der Waals surface area (Å²) in [6, 6.07) is 10.3. The number of nitrogens with one attached hydrogen (secondary N) is 1. The highest BCUT2D eigenvalue weighted by atomic mass is 32.1. The molecule has 4 fully saturated rings. The zero-order valence-corrected chi connectivity index (χ0v) is 16.9. The maximum absolute atomic E-state index is 13.3. The fraction of sp³-hybridized carbons (Fsp3) is 0.522. The first kappa shape index (κ1) is 18.3. The monoisotopic (exact) mass is 399 g/mol. The predicted molar refractivity (Wildman–Crippen MR) is 108 cm³/mol. The lowest BCUT2D eigenvalue weighted by molar-refractivity contribution is -0.730. The number of hydrogen-bond acceptors (Lipinski definition) is 2. The summed E-state index contributed by atoms with van der Waals surface area (Å²) in [6.45, 7) is 0.481. The molecule has 148 valence electrons. The number of rotatable bonds is 6. The first-order valence-electron chi connectivity index (χ1n) is 10.5. The lowest BCUT2D eigenvalue weighted by Crippen LogP contribution is -3.00. The third kappa shape index (κ3) is 3.62. The maximum Gasteiger partial charge on any atom is 0.275 e. The second kappa shape index (κ2) is 7.27. The van der Waals surface area contributed by atoms with E-state index in [0.717, 1.165) is 28.2 Å². The van der Waals surface area contributed by atoms with Gasteiger partial charge in [-0.25, -0.2) is 4.39 Å². The molecule has 0 saturated heterocycles. The number of amides is 1. The largest absolute Gasteiger partial charge is 0.339 e. The predicted octanol–water partition coefficient (Wildman–Crippen LogP) is 3.63. The van der Waals surface area contributed by atoms with Crippen LogP contribution in [-0.4, -0.2) is 18.0 Å². The standard InChI is InChI=1S/C23H27FN2OS/c24-19-5-3-18(4-6-19)22(20-2-1-7-28-20)26-21(27)14-25-23-11-15-8-16(12-23)10-17(9-15)13-23/h1-7,15-17,22,25H,8-14H2,(H,26,27)/p+1/t15?,16?,17?,22-,23?/m0/s1. The van der Waals surface area contributed by atoms with Gasteiger partial charge in [-0.1, -0.05) is 18.2 Å². The Bertz CT molecular complexity index is 798. The molecule has 0 aliphatic heterocycles. The number of nitrogens with two attached hydrogens (primary N) is 1. The van der Waals surface area contributed by atoms with Crippen LogP contribution in [-0.2, 0) is 4.79 Å². The first-order chi connectivity index (χ1) is 13.6. The van der Waals surface area contributed by atoms with E-state index in [9.17, 15) is 9.18 Å². The molecule has 1 aromatic heterocycles. The summed E-state index contributed by atoms with van der Waals surface area (Å²) in [6.07, 6.45) is 8.13. The molecule has 28 heavy (non-hydrogen) atoms. The average Bonchev–Trinajstić information content (AvgIpc) is 3.19. The van der Waals surface area contributed by atoms with Crippen molar-refractivity contribution in [2.75, 3.05) is 6.54 Å². The molecule has 0 spiro atoms. The van der Waals surface area contributed by atoms with Crippen LogP contribution in [0.4, 0.5) is 4.39 Å². The molecule has 4 aliphatic rings. The minimum atomic E-state index is -0.254. The van der Waals surface area contributed by atoms with E-state index in [1.165, 1.54) is 50.7 Å². The van der Waals surface area contributed by atoms with Crippen LogP contribution < -0.4 is 10.6 Å². The normalized spacial score (nSPS) is 31.7. The molecule has 4 saturated carbocycles. The van der Waals surface area contributed by atoms with Crippen molar-refractivity contribution in [1.29, 1.82) is 0 Å². The van der Waals surface area contributed by atoms with Gasteiger partial charge < -0.3 is 10.6 Å². The van der Waals surface area contributed by atoms with Crippen molar-refractivity contribution in [2.24, 2.45) is 17.8 Å². The average molecular weight is 400 g/mol. The van der Waals surface area contributed by atoms with Crippen LogP contribution in [0.25, 0.3) is 0 Å². The Morgan fingerprint density at radius 3 is 2.32 bits per heavy atom. The van der Waals surface area contributed by atoms with Gasteiger partial charge in [-0.2, -0.15) is 0 Å². The van der Waals surface area contributed by atoms with E-state index >= 15 is 0 Å². The quantitative estimate of drug-likeness (QED) is 0.766. The SMILES string of the molecule is O=C(C[NH2+]C12CC3CC(CC(C3)C1)C2)N[C@@H](c1ccc(F)cc1)c1cccs1. The molecule has 6 rings (SSSR count). The highest BCUT2D eigenvalue weighted by Gasteiger charge is 2.53. The number of carbonyl (C=O) groups is 1. The van der Waals surface area contributed by atoms with Crippen molar-refractivity contribution in [3.63, 3.8) is 0 Å². The molecule has 1 aromatic carbocycles.